The Bertz CT molecular complexity index is 1220. The van der Waals surface area contributed by atoms with Gasteiger partial charge in [-0.3, -0.25) is 19.4 Å². The lowest BCUT2D eigenvalue weighted by Gasteiger charge is -2.34. The van der Waals surface area contributed by atoms with E-state index in [1.807, 2.05) is 6.07 Å². The van der Waals surface area contributed by atoms with E-state index in [4.69, 9.17) is 5.41 Å². The highest BCUT2D eigenvalue weighted by Gasteiger charge is 2.24. The average Bonchev–Trinajstić information content (AvgIpc) is 2.80. The molecule has 1 saturated heterocycles. The van der Waals surface area contributed by atoms with Gasteiger partial charge < -0.3 is 14.4 Å². The van der Waals surface area contributed by atoms with Gasteiger partial charge in [0.05, 0.1) is 10.9 Å². The minimum atomic E-state index is -0.213. The van der Waals surface area contributed by atoms with Gasteiger partial charge in [0.25, 0.3) is 11.5 Å². The number of hydrogen-bond acceptors (Lipinski definition) is 5. The van der Waals surface area contributed by atoms with Gasteiger partial charge in [-0.25, -0.2) is 4.98 Å². The normalized spacial score (nSPS) is 15.1. The number of likely N-dealkylation sites (N-methyl/N-ethyl adjacent to an activating group) is 1. The van der Waals surface area contributed by atoms with Crippen LogP contribution in [0.2, 0.25) is 0 Å². The molecule has 31 heavy (non-hydrogen) atoms. The summed E-state index contributed by atoms with van der Waals surface area (Å²) in [4.78, 5) is 35.4. The molecule has 1 aliphatic rings. The third-order valence-corrected chi connectivity index (χ3v) is 6.14. The fourth-order valence-electron chi connectivity index (χ4n) is 4.23. The quantitative estimate of drug-likeness (QED) is 0.487. The molecule has 3 aromatic heterocycles. The number of fused-ring (bicyclic) bond motifs is 2. The monoisotopic (exact) mass is 422 g/mol. The zero-order valence-electron chi connectivity index (χ0n) is 18.3. The van der Waals surface area contributed by atoms with Crippen molar-refractivity contribution in [1.29, 1.82) is 5.41 Å². The van der Waals surface area contributed by atoms with Gasteiger partial charge in [0.2, 0.25) is 0 Å². The number of carbonyl (C=O) groups excluding carboxylic acids is 1. The number of piperazine rings is 1. The molecule has 0 atom stereocenters. The number of rotatable bonds is 6. The first-order valence-corrected chi connectivity index (χ1v) is 11.2. The topological polar surface area (TPSA) is 86.7 Å². The number of pyridine rings is 2. The maximum atomic E-state index is 13.4. The third-order valence-electron chi connectivity index (χ3n) is 6.14. The van der Waals surface area contributed by atoms with E-state index in [-0.39, 0.29) is 22.5 Å². The second kappa shape index (κ2) is 9.01. The summed E-state index contributed by atoms with van der Waals surface area (Å²) < 4.78 is 3.24. The van der Waals surface area contributed by atoms with Crippen molar-refractivity contribution in [1.82, 2.24) is 23.8 Å². The first-order chi connectivity index (χ1) is 15.0. The summed E-state index contributed by atoms with van der Waals surface area (Å²) in [6.07, 6.45) is 4.61. The molecule has 0 aromatic carbocycles. The molecule has 4 rings (SSSR count). The zero-order valence-corrected chi connectivity index (χ0v) is 18.3. The Kier molecular flexibility index (Phi) is 6.18. The molecule has 0 unspecified atom stereocenters. The molecule has 0 radical (unpaired) electrons. The standard InChI is InChI=1S/C23H30N6O2/c1-3-5-7-11-29-20(24)17(22(30)27-14-12-26(4-2)13-15-27)16-18-21(29)25-19-9-6-8-10-28(19)23(18)31/h6,8-10,16,24H,3-5,7,11-15H2,1-2H3. The molecular formula is C23H30N6O2. The molecule has 0 aliphatic carbocycles. The van der Waals surface area contributed by atoms with Crippen LogP contribution in [0.4, 0.5) is 0 Å². The van der Waals surface area contributed by atoms with E-state index in [1.165, 1.54) is 4.40 Å². The molecule has 8 heteroatoms. The van der Waals surface area contributed by atoms with Crippen LogP contribution in [0.5, 0.6) is 0 Å². The van der Waals surface area contributed by atoms with Crippen molar-refractivity contribution >= 4 is 22.6 Å². The Morgan fingerprint density at radius 1 is 1.13 bits per heavy atom. The number of aromatic nitrogens is 3. The fraction of sp³-hybridized carbons (Fsp3) is 0.478. The summed E-state index contributed by atoms with van der Waals surface area (Å²) >= 11 is 0. The van der Waals surface area contributed by atoms with Crippen LogP contribution >= 0.6 is 0 Å². The second-order valence-corrected chi connectivity index (χ2v) is 8.07. The Balaban J connectivity index is 1.85. The number of hydrogen-bond donors (Lipinski definition) is 1. The minimum absolute atomic E-state index is 0.138. The number of nitrogens with zero attached hydrogens (tertiary/aromatic N) is 5. The summed E-state index contributed by atoms with van der Waals surface area (Å²) in [6, 6.07) is 6.99. The van der Waals surface area contributed by atoms with Crippen LogP contribution in [-0.4, -0.2) is 62.4 Å². The predicted octanol–water partition coefficient (Wildman–Crippen LogP) is 2.10. The van der Waals surface area contributed by atoms with E-state index in [1.54, 1.807) is 33.9 Å². The molecule has 1 N–H and O–H groups in total. The number of amides is 1. The Hall–Kier alpha value is -3.00. The van der Waals surface area contributed by atoms with Crippen molar-refractivity contribution < 1.29 is 4.79 Å². The molecule has 1 fully saturated rings. The Morgan fingerprint density at radius 2 is 1.90 bits per heavy atom. The van der Waals surface area contributed by atoms with Crippen LogP contribution in [0.15, 0.2) is 35.3 Å². The van der Waals surface area contributed by atoms with Crippen molar-refractivity contribution in [3.8, 4) is 0 Å². The Labute approximate surface area is 181 Å². The van der Waals surface area contributed by atoms with E-state index >= 15 is 0 Å². The lowest BCUT2D eigenvalue weighted by atomic mass is 10.1. The lowest BCUT2D eigenvalue weighted by Crippen LogP contribution is -2.49. The maximum Gasteiger partial charge on any atom is 0.267 e. The molecule has 3 aromatic rings. The molecule has 1 aliphatic heterocycles. The fourth-order valence-corrected chi connectivity index (χ4v) is 4.23. The van der Waals surface area contributed by atoms with E-state index in [0.717, 1.165) is 38.9 Å². The van der Waals surface area contributed by atoms with Crippen molar-refractivity contribution in [2.75, 3.05) is 32.7 Å². The molecule has 0 spiro atoms. The van der Waals surface area contributed by atoms with Crippen LogP contribution in [-0.2, 0) is 6.54 Å². The van der Waals surface area contributed by atoms with E-state index in [9.17, 15) is 9.59 Å². The van der Waals surface area contributed by atoms with Crippen LogP contribution < -0.4 is 11.0 Å². The maximum absolute atomic E-state index is 13.4. The highest BCUT2D eigenvalue weighted by Crippen LogP contribution is 2.14. The number of unbranched alkanes of at least 4 members (excludes halogenated alkanes) is 2. The highest BCUT2D eigenvalue weighted by atomic mass is 16.2. The summed E-state index contributed by atoms with van der Waals surface area (Å²) in [6.45, 7) is 8.69. The molecule has 0 saturated carbocycles. The van der Waals surface area contributed by atoms with Gasteiger partial charge in [-0.2, -0.15) is 0 Å². The van der Waals surface area contributed by atoms with Crippen molar-refractivity contribution in [2.45, 2.75) is 39.7 Å². The SMILES string of the molecule is CCCCCn1c(=N)c(C(=O)N2CCN(CC)CC2)cc2c(=O)n3ccccc3nc21. The zero-order chi connectivity index (χ0) is 22.0. The van der Waals surface area contributed by atoms with E-state index in [2.05, 4.69) is 23.7 Å². The van der Waals surface area contributed by atoms with Gasteiger partial charge in [0, 0.05) is 38.9 Å². The van der Waals surface area contributed by atoms with Crippen molar-refractivity contribution in [3.05, 3.63) is 51.9 Å². The third kappa shape index (κ3) is 3.99. The van der Waals surface area contributed by atoms with E-state index in [0.29, 0.717) is 36.3 Å². The molecule has 0 bridgehead atoms. The largest absolute Gasteiger partial charge is 0.336 e. The average molecular weight is 423 g/mol. The number of aryl methyl sites for hydroxylation is 1. The van der Waals surface area contributed by atoms with Crippen LogP contribution in [0.1, 0.15) is 43.5 Å². The van der Waals surface area contributed by atoms with Gasteiger partial charge in [-0.15, -0.1) is 0 Å². The molecule has 1 amide bonds. The van der Waals surface area contributed by atoms with Gasteiger partial charge in [-0.1, -0.05) is 32.8 Å². The number of nitrogens with one attached hydrogen (secondary N) is 1. The van der Waals surface area contributed by atoms with E-state index < -0.39 is 0 Å². The van der Waals surface area contributed by atoms with Gasteiger partial charge in [-0.05, 0) is 31.2 Å². The summed E-state index contributed by atoms with van der Waals surface area (Å²) in [5.41, 5.74) is 1.22. The summed E-state index contributed by atoms with van der Waals surface area (Å²) in [7, 11) is 0. The van der Waals surface area contributed by atoms with Crippen LogP contribution in [0, 0.1) is 5.41 Å². The first-order valence-electron chi connectivity index (χ1n) is 11.2. The highest BCUT2D eigenvalue weighted by molar-refractivity contribution is 5.97. The first kappa shape index (κ1) is 21.2. The second-order valence-electron chi connectivity index (χ2n) is 8.07. The van der Waals surface area contributed by atoms with Gasteiger partial charge >= 0.3 is 0 Å². The van der Waals surface area contributed by atoms with Gasteiger partial charge in [0.15, 0.2) is 0 Å². The smallest absolute Gasteiger partial charge is 0.267 e. The van der Waals surface area contributed by atoms with Crippen LogP contribution in [0.3, 0.4) is 0 Å². The van der Waals surface area contributed by atoms with Gasteiger partial charge in [0.1, 0.15) is 16.8 Å². The molecular weight excluding hydrogens is 392 g/mol. The van der Waals surface area contributed by atoms with Crippen molar-refractivity contribution in [2.24, 2.45) is 0 Å². The summed E-state index contributed by atoms with van der Waals surface area (Å²) in [5.74, 6) is -0.176. The molecule has 8 nitrogen and oxygen atoms in total. The summed E-state index contributed by atoms with van der Waals surface area (Å²) in [5, 5.41) is 9.21. The Morgan fingerprint density at radius 3 is 2.61 bits per heavy atom. The van der Waals surface area contributed by atoms with Crippen LogP contribution in [0.25, 0.3) is 16.7 Å². The predicted molar refractivity (Wildman–Crippen MR) is 120 cm³/mol. The lowest BCUT2D eigenvalue weighted by molar-refractivity contribution is 0.0640. The molecule has 164 valence electrons. The minimum Gasteiger partial charge on any atom is -0.336 e. The number of carbonyl (C=O) groups is 1. The molecule has 4 heterocycles. The van der Waals surface area contributed by atoms with Crippen molar-refractivity contribution in [3.63, 3.8) is 0 Å².